The average Bonchev–Trinajstić information content (AvgIpc) is 3.09. The van der Waals surface area contributed by atoms with Crippen molar-refractivity contribution in [1.29, 1.82) is 0 Å². The minimum atomic E-state index is -0.197. The lowest BCUT2D eigenvalue weighted by molar-refractivity contribution is 0.102. The number of ether oxygens (including phenoxy) is 2. The molecular formula is C20H22N2O3S2. The molecule has 0 radical (unpaired) electrons. The summed E-state index contributed by atoms with van der Waals surface area (Å²) >= 11 is 3.45. The second-order valence-corrected chi connectivity index (χ2v) is 8.26. The number of aromatic nitrogens is 1. The van der Waals surface area contributed by atoms with Gasteiger partial charge < -0.3 is 14.8 Å². The molecule has 1 N–H and O–H groups in total. The van der Waals surface area contributed by atoms with Crippen molar-refractivity contribution >= 4 is 44.9 Å². The molecular weight excluding hydrogens is 380 g/mol. The molecule has 3 aromatic rings. The molecule has 0 aliphatic heterocycles. The highest BCUT2D eigenvalue weighted by Gasteiger charge is 2.12. The molecule has 2 aromatic carbocycles. The molecule has 1 aromatic heterocycles. The molecule has 5 nitrogen and oxygen atoms in total. The van der Waals surface area contributed by atoms with Crippen LogP contribution >= 0.6 is 23.1 Å². The normalized spacial score (nSPS) is 10.8. The van der Waals surface area contributed by atoms with Gasteiger partial charge in [0.1, 0.15) is 0 Å². The number of thiazole rings is 1. The third kappa shape index (κ3) is 4.73. The van der Waals surface area contributed by atoms with Crippen molar-refractivity contribution in [1.82, 2.24) is 4.98 Å². The van der Waals surface area contributed by atoms with Crippen LogP contribution in [0.1, 0.15) is 30.1 Å². The van der Waals surface area contributed by atoms with Crippen LogP contribution in [0.4, 0.5) is 5.69 Å². The zero-order valence-corrected chi connectivity index (χ0v) is 17.2. The van der Waals surface area contributed by atoms with E-state index < -0.39 is 0 Å². The Morgan fingerprint density at radius 3 is 2.70 bits per heavy atom. The quantitative estimate of drug-likeness (QED) is 0.400. The number of thioether (sulfide) groups is 1. The smallest absolute Gasteiger partial charge is 0.255 e. The van der Waals surface area contributed by atoms with Gasteiger partial charge in [-0.15, -0.1) is 11.3 Å². The average molecular weight is 403 g/mol. The second-order valence-electron chi connectivity index (χ2n) is 5.89. The molecule has 0 spiro atoms. The minimum absolute atomic E-state index is 0.197. The van der Waals surface area contributed by atoms with Gasteiger partial charge in [0, 0.05) is 17.0 Å². The van der Waals surface area contributed by atoms with Gasteiger partial charge in [0.25, 0.3) is 5.91 Å². The van der Waals surface area contributed by atoms with Crippen molar-refractivity contribution < 1.29 is 14.3 Å². The van der Waals surface area contributed by atoms with E-state index in [1.165, 1.54) is 12.8 Å². The number of hydrogen-bond donors (Lipinski definition) is 1. The van der Waals surface area contributed by atoms with E-state index in [4.69, 9.17) is 9.47 Å². The number of hydrogen-bond acceptors (Lipinski definition) is 6. The van der Waals surface area contributed by atoms with Crippen LogP contribution in [0, 0.1) is 0 Å². The largest absolute Gasteiger partial charge is 0.493 e. The number of nitrogens with zero attached hydrogens (tertiary/aromatic N) is 1. The van der Waals surface area contributed by atoms with Crippen molar-refractivity contribution in [3.8, 4) is 11.5 Å². The molecule has 142 valence electrons. The van der Waals surface area contributed by atoms with E-state index in [9.17, 15) is 4.79 Å². The van der Waals surface area contributed by atoms with Crippen molar-refractivity contribution in [3.63, 3.8) is 0 Å². The van der Waals surface area contributed by atoms with E-state index in [1.807, 2.05) is 18.2 Å². The van der Waals surface area contributed by atoms with E-state index in [0.29, 0.717) is 17.1 Å². The lowest BCUT2D eigenvalue weighted by Crippen LogP contribution is -2.12. The predicted molar refractivity (Wildman–Crippen MR) is 113 cm³/mol. The summed E-state index contributed by atoms with van der Waals surface area (Å²) < 4.78 is 12.6. The first-order valence-electron chi connectivity index (χ1n) is 8.71. The number of carbonyl (C=O) groups is 1. The Labute approximate surface area is 167 Å². The Morgan fingerprint density at radius 2 is 1.96 bits per heavy atom. The third-order valence-corrected chi connectivity index (χ3v) is 6.24. The van der Waals surface area contributed by atoms with E-state index in [2.05, 4.69) is 17.2 Å². The maximum absolute atomic E-state index is 12.6. The van der Waals surface area contributed by atoms with E-state index >= 15 is 0 Å². The van der Waals surface area contributed by atoms with Gasteiger partial charge in [0.05, 0.1) is 24.4 Å². The van der Waals surface area contributed by atoms with Crippen LogP contribution in [0.5, 0.6) is 11.5 Å². The number of methoxy groups -OCH3 is 2. The molecule has 27 heavy (non-hydrogen) atoms. The van der Waals surface area contributed by atoms with Gasteiger partial charge in [0.2, 0.25) is 0 Å². The first kappa shape index (κ1) is 19.5. The van der Waals surface area contributed by atoms with Gasteiger partial charge in [-0.25, -0.2) is 4.98 Å². The number of amides is 1. The van der Waals surface area contributed by atoms with Gasteiger partial charge in [-0.2, -0.15) is 0 Å². The van der Waals surface area contributed by atoms with Gasteiger partial charge in [-0.3, -0.25) is 4.79 Å². The topological polar surface area (TPSA) is 60.5 Å². The monoisotopic (exact) mass is 402 g/mol. The molecule has 7 heteroatoms. The molecule has 1 amide bonds. The number of benzene rings is 2. The highest BCUT2D eigenvalue weighted by molar-refractivity contribution is 8.01. The van der Waals surface area contributed by atoms with Crippen LogP contribution in [-0.4, -0.2) is 30.9 Å². The Kier molecular flexibility index (Phi) is 6.58. The van der Waals surface area contributed by atoms with Crippen LogP contribution in [-0.2, 0) is 0 Å². The summed E-state index contributed by atoms with van der Waals surface area (Å²) in [7, 11) is 3.12. The number of carbonyl (C=O) groups excluding carboxylic acids is 1. The second kappa shape index (κ2) is 9.10. The Morgan fingerprint density at radius 1 is 1.15 bits per heavy atom. The molecule has 0 bridgehead atoms. The van der Waals surface area contributed by atoms with Gasteiger partial charge in [-0.05, 0) is 42.8 Å². The summed E-state index contributed by atoms with van der Waals surface area (Å²) in [6.45, 7) is 2.19. The van der Waals surface area contributed by atoms with Crippen molar-refractivity contribution in [2.75, 3.05) is 25.3 Å². The summed E-state index contributed by atoms with van der Waals surface area (Å²) in [5.74, 6) is 2.00. The number of rotatable bonds is 8. The zero-order chi connectivity index (χ0) is 19.2. The Hall–Kier alpha value is -2.25. The van der Waals surface area contributed by atoms with Crippen molar-refractivity contribution in [2.24, 2.45) is 0 Å². The molecule has 0 saturated carbocycles. The molecule has 0 aliphatic rings. The lowest BCUT2D eigenvalue weighted by atomic mass is 10.2. The fourth-order valence-corrected chi connectivity index (χ4v) is 4.79. The van der Waals surface area contributed by atoms with Gasteiger partial charge in [-0.1, -0.05) is 25.1 Å². The van der Waals surface area contributed by atoms with Crippen molar-refractivity contribution in [2.45, 2.75) is 24.1 Å². The molecule has 0 aliphatic carbocycles. The number of unbranched alkanes of at least 4 members (excludes halogenated alkanes) is 1. The standard InChI is InChI=1S/C20H22N2O3S2/c1-4-5-10-26-20-22-15-8-7-14(12-18(15)27-20)21-19(23)13-6-9-16(24-2)17(11-13)25-3/h6-9,11-12H,4-5,10H2,1-3H3,(H,21,23). The number of fused-ring (bicyclic) bond motifs is 1. The fraction of sp³-hybridized carbons (Fsp3) is 0.300. The number of nitrogens with one attached hydrogen (secondary N) is 1. The zero-order valence-electron chi connectivity index (χ0n) is 15.6. The summed E-state index contributed by atoms with van der Waals surface area (Å²) in [4.78, 5) is 17.2. The van der Waals surface area contributed by atoms with Crippen molar-refractivity contribution in [3.05, 3.63) is 42.0 Å². The lowest BCUT2D eigenvalue weighted by Gasteiger charge is -2.10. The number of anilines is 1. The van der Waals surface area contributed by atoms with Crippen LogP contribution in [0.2, 0.25) is 0 Å². The molecule has 0 unspecified atom stereocenters. The highest BCUT2D eigenvalue weighted by atomic mass is 32.2. The maximum Gasteiger partial charge on any atom is 0.255 e. The Bertz CT molecular complexity index is 940. The molecule has 0 atom stereocenters. The minimum Gasteiger partial charge on any atom is -0.493 e. The first-order chi connectivity index (χ1) is 13.1. The van der Waals surface area contributed by atoms with Gasteiger partial charge in [0.15, 0.2) is 15.8 Å². The van der Waals surface area contributed by atoms with Crippen LogP contribution in [0.25, 0.3) is 10.2 Å². The molecule has 0 saturated heterocycles. The van der Waals surface area contributed by atoms with E-state index in [-0.39, 0.29) is 5.91 Å². The summed E-state index contributed by atoms with van der Waals surface area (Å²) in [6.07, 6.45) is 2.37. The van der Waals surface area contributed by atoms with Crippen LogP contribution in [0.15, 0.2) is 40.7 Å². The molecule has 1 heterocycles. The van der Waals surface area contributed by atoms with E-state index in [0.717, 1.165) is 26.0 Å². The summed E-state index contributed by atoms with van der Waals surface area (Å²) in [5, 5.41) is 2.94. The fourth-order valence-electron chi connectivity index (χ4n) is 2.53. The Balaban J connectivity index is 1.74. The molecule has 0 fully saturated rings. The highest BCUT2D eigenvalue weighted by Crippen LogP contribution is 2.32. The van der Waals surface area contributed by atoms with E-state index in [1.54, 1.807) is 55.5 Å². The summed E-state index contributed by atoms with van der Waals surface area (Å²) in [6, 6.07) is 10.9. The van der Waals surface area contributed by atoms with Crippen LogP contribution < -0.4 is 14.8 Å². The first-order valence-corrected chi connectivity index (χ1v) is 10.5. The SMILES string of the molecule is CCCCSc1nc2ccc(NC(=O)c3ccc(OC)c(OC)c3)cc2s1. The van der Waals surface area contributed by atoms with Gasteiger partial charge >= 0.3 is 0 Å². The molecule has 3 rings (SSSR count). The third-order valence-electron chi connectivity index (χ3n) is 4.00. The maximum atomic E-state index is 12.6. The summed E-state index contributed by atoms with van der Waals surface area (Å²) in [5.41, 5.74) is 2.21. The predicted octanol–water partition coefficient (Wildman–Crippen LogP) is 5.46. The van der Waals surface area contributed by atoms with Crippen LogP contribution in [0.3, 0.4) is 0 Å².